The molecule has 2 rings (SSSR count). The SMILES string of the molecule is O=C(O)/C=C/c1ccc(-c2ncc[nH]2)cc1. The number of nitrogens with zero attached hydrogens (tertiary/aromatic N) is 1. The van der Waals surface area contributed by atoms with Gasteiger partial charge in [-0.15, -0.1) is 0 Å². The van der Waals surface area contributed by atoms with Crippen molar-refractivity contribution in [3.8, 4) is 11.4 Å². The Hall–Kier alpha value is -2.36. The van der Waals surface area contributed by atoms with Crippen molar-refractivity contribution < 1.29 is 9.90 Å². The number of rotatable bonds is 3. The van der Waals surface area contributed by atoms with E-state index in [1.807, 2.05) is 24.3 Å². The highest BCUT2D eigenvalue weighted by atomic mass is 16.4. The molecule has 0 aliphatic carbocycles. The van der Waals surface area contributed by atoms with Crippen LogP contribution in [0.15, 0.2) is 42.7 Å². The van der Waals surface area contributed by atoms with E-state index in [-0.39, 0.29) is 0 Å². The summed E-state index contributed by atoms with van der Waals surface area (Å²) in [6.07, 6.45) is 6.11. The Morgan fingerprint density at radius 3 is 2.62 bits per heavy atom. The molecule has 0 unspecified atom stereocenters. The highest BCUT2D eigenvalue weighted by Gasteiger charge is 1.98. The first-order chi connectivity index (χ1) is 7.75. The van der Waals surface area contributed by atoms with Gasteiger partial charge in [0.2, 0.25) is 0 Å². The van der Waals surface area contributed by atoms with E-state index in [1.54, 1.807) is 18.5 Å². The van der Waals surface area contributed by atoms with E-state index >= 15 is 0 Å². The Morgan fingerprint density at radius 2 is 2.06 bits per heavy atom. The number of carboxylic acids is 1. The Morgan fingerprint density at radius 1 is 1.31 bits per heavy atom. The molecule has 4 heteroatoms. The maximum atomic E-state index is 10.3. The fraction of sp³-hybridized carbons (Fsp3) is 0. The molecule has 0 atom stereocenters. The van der Waals surface area contributed by atoms with Gasteiger partial charge in [0.05, 0.1) is 0 Å². The number of benzene rings is 1. The van der Waals surface area contributed by atoms with Crippen molar-refractivity contribution in [3.05, 3.63) is 48.3 Å². The van der Waals surface area contributed by atoms with Gasteiger partial charge in [-0.3, -0.25) is 0 Å². The largest absolute Gasteiger partial charge is 0.478 e. The Balaban J connectivity index is 2.20. The van der Waals surface area contributed by atoms with Crippen LogP contribution in [0, 0.1) is 0 Å². The number of aliphatic carboxylic acids is 1. The van der Waals surface area contributed by atoms with Crippen LogP contribution in [-0.4, -0.2) is 21.0 Å². The molecule has 0 saturated heterocycles. The summed E-state index contributed by atoms with van der Waals surface area (Å²) in [6.45, 7) is 0. The van der Waals surface area contributed by atoms with Gasteiger partial charge >= 0.3 is 5.97 Å². The van der Waals surface area contributed by atoms with E-state index in [0.29, 0.717) is 0 Å². The van der Waals surface area contributed by atoms with Gasteiger partial charge in [0, 0.05) is 24.0 Å². The molecule has 0 fully saturated rings. The maximum absolute atomic E-state index is 10.3. The first-order valence-electron chi connectivity index (χ1n) is 4.76. The van der Waals surface area contributed by atoms with Crippen molar-refractivity contribution in [2.45, 2.75) is 0 Å². The molecule has 1 aromatic heterocycles. The van der Waals surface area contributed by atoms with E-state index in [9.17, 15) is 4.79 Å². The average molecular weight is 214 g/mol. The molecule has 0 radical (unpaired) electrons. The minimum atomic E-state index is -0.949. The molecule has 0 saturated carbocycles. The van der Waals surface area contributed by atoms with Crippen LogP contribution in [0.2, 0.25) is 0 Å². The zero-order valence-electron chi connectivity index (χ0n) is 8.42. The second-order valence-electron chi connectivity index (χ2n) is 3.23. The van der Waals surface area contributed by atoms with Gasteiger partial charge in [0.25, 0.3) is 0 Å². The molecule has 16 heavy (non-hydrogen) atoms. The van der Waals surface area contributed by atoms with Crippen molar-refractivity contribution in [1.29, 1.82) is 0 Å². The van der Waals surface area contributed by atoms with Gasteiger partial charge in [0.1, 0.15) is 5.82 Å². The van der Waals surface area contributed by atoms with Gasteiger partial charge in [-0.2, -0.15) is 0 Å². The Kier molecular flexibility index (Phi) is 2.82. The normalized spacial score (nSPS) is 10.8. The number of carbonyl (C=O) groups is 1. The van der Waals surface area contributed by atoms with Crippen molar-refractivity contribution in [3.63, 3.8) is 0 Å². The third kappa shape index (κ3) is 2.36. The van der Waals surface area contributed by atoms with Crippen LogP contribution >= 0.6 is 0 Å². The van der Waals surface area contributed by atoms with Crippen molar-refractivity contribution in [2.24, 2.45) is 0 Å². The van der Waals surface area contributed by atoms with Crippen molar-refractivity contribution in [2.75, 3.05) is 0 Å². The number of aromatic amines is 1. The summed E-state index contributed by atoms with van der Waals surface area (Å²) in [5, 5.41) is 8.48. The van der Waals surface area contributed by atoms with E-state index in [0.717, 1.165) is 23.0 Å². The molecule has 1 aromatic carbocycles. The van der Waals surface area contributed by atoms with Gasteiger partial charge in [-0.1, -0.05) is 24.3 Å². The Labute approximate surface area is 92.3 Å². The molecular formula is C12H10N2O2. The van der Waals surface area contributed by atoms with E-state index in [2.05, 4.69) is 9.97 Å². The molecular weight excluding hydrogens is 204 g/mol. The van der Waals surface area contributed by atoms with Crippen LogP contribution in [0.3, 0.4) is 0 Å². The fourth-order valence-corrected chi connectivity index (χ4v) is 1.34. The maximum Gasteiger partial charge on any atom is 0.328 e. The molecule has 80 valence electrons. The van der Waals surface area contributed by atoms with Crippen LogP contribution in [0.4, 0.5) is 0 Å². The van der Waals surface area contributed by atoms with E-state index < -0.39 is 5.97 Å². The molecule has 2 N–H and O–H groups in total. The smallest absolute Gasteiger partial charge is 0.328 e. The van der Waals surface area contributed by atoms with Gasteiger partial charge < -0.3 is 10.1 Å². The molecule has 0 aliphatic heterocycles. The van der Waals surface area contributed by atoms with Gasteiger partial charge in [-0.05, 0) is 11.6 Å². The summed E-state index contributed by atoms with van der Waals surface area (Å²) < 4.78 is 0. The van der Waals surface area contributed by atoms with E-state index in [1.165, 1.54) is 0 Å². The lowest BCUT2D eigenvalue weighted by atomic mass is 10.1. The third-order valence-corrected chi connectivity index (χ3v) is 2.10. The monoisotopic (exact) mass is 214 g/mol. The molecule has 0 spiro atoms. The first-order valence-corrected chi connectivity index (χ1v) is 4.76. The van der Waals surface area contributed by atoms with Crippen LogP contribution in [0.5, 0.6) is 0 Å². The zero-order chi connectivity index (χ0) is 11.4. The van der Waals surface area contributed by atoms with Crippen LogP contribution in [0.25, 0.3) is 17.5 Å². The highest BCUT2D eigenvalue weighted by molar-refractivity contribution is 5.85. The standard InChI is InChI=1S/C12H10N2O2/c15-11(16)6-3-9-1-4-10(5-2-9)12-13-7-8-14-12/h1-8H,(H,13,14)(H,15,16)/b6-3+. The summed E-state index contributed by atoms with van der Waals surface area (Å²) in [5.74, 6) is -0.149. The number of hydrogen-bond donors (Lipinski definition) is 2. The van der Waals surface area contributed by atoms with Crippen LogP contribution in [-0.2, 0) is 4.79 Å². The topological polar surface area (TPSA) is 66.0 Å². The zero-order valence-corrected chi connectivity index (χ0v) is 8.42. The second-order valence-corrected chi connectivity index (χ2v) is 3.23. The Bertz CT molecular complexity index is 498. The van der Waals surface area contributed by atoms with Crippen molar-refractivity contribution >= 4 is 12.0 Å². The number of imidazole rings is 1. The van der Waals surface area contributed by atoms with Gasteiger partial charge in [-0.25, -0.2) is 9.78 Å². The molecule has 2 aromatic rings. The molecule has 0 aliphatic rings. The lowest BCUT2D eigenvalue weighted by Crippen LogP contribution is -1.86. The number of H-pyrrole nitrogens is 1. The number of carboxylic acid groups (broad SMARTS) is 1. The summed E-state index contributed by atoms with van der Waals surface area (Å²) >= 11 is 0. The van der Waals surface area contributed by atoms with Gasteiger partial charge in [0.15, 0.2) is 0 Å². The van der Waals surface area contributed by atoms with Crippen LogP contribution in [0.1, 0.15) is 5.56 Å². The minimum absolute atomic E-state index is 0.800. The predicted molar refractivity (Wildman–Crippen MR) is 60.7 cm³/mol. The molecule has 0 bridgehead atoms. The second kappa shape index (κ2) is 4.44. The predicted octanol–water partition coefficient (Wildman–Crippen LogP) is 2.17. The lowest BCUT2D eigenvalue weighted by Gasteiger charge is -1.97. The summed E-state index contributed by atoms with van der Waals surface area (Å²) in [6, 6.07) is 7.47. The summed E-state index contributed by atoms with van der Waals surface area (Å²) in [5.41, 5.74) is 1.81. The highest BCUT2D eigenvalue weighted by Crippen LogP contribution is 2.15. The van der Waals surface area contributed by atoms with E-state index in [4.69, 9.17) is 5.11 Å². The fourth-order valence-electron chi connectivity index (χ4n) is 1.34. The number of nitrogens with one attached hydrogen (secondary N) is 1. The number of hydrogen-bond acceptors (Lipinski definition) is 2. The lowest BCUT2D eigenvalue weighted by molar-refractivity contribution is -0.131. The molecule has 1 heterocycles. The first kappa shape index (κ1) is 10.2. The van der Waals surface area contributed by atoms with Crippen molar-refractivity contribution in [1.82, 2.24) is 9.97 Å². The quantitative estimate of drug-likeness (QED) is 0.769. The molecule has 4 nitrogen and oxygen atoms in total. The summed E-state index contributed by atoms with van der Waals surface area (Å²) in [7, 11) is 0. The molecule has 0 amide bonds. The average Bonchev–Trinajstić information content (AvgIpc) is 2.80. The summed E-state index contributed by atoms with van der Waals surface area (Å²) in [4.78, 5) is 17.4. The van der Waals surface area contributed by atoms with Crippen LogP contribution < -0.4 is 0 Å². The third-order valence-electron chi connectivity index (χ3n) is 2.10. The minimum Gasteiger partial charge on any atom is -0.478 e. The number of aromatic nitrogens is 2.